The van der Waals surface area contributed by atoms with Crippen LogP contribution < -0.4 is 10.6 Å². The van der Waals surface area contributed by atoms with Crippen molar-refractivity contribution in [3.63, 3.8) is 0 Å². The molecule has 2 heterocycles. The van der Waals surface area contributed by atoms with Crippen molar-refractivity contribution in [1.82, 2.24) is 10.6 Å². The molecule has 0 saturated carbocycles. The Hall–Kier alpha value is -0.830. The van der Waals surface area contributed by atoms with Crippen LogP contribution in [0.5, 0.6) is 0 Å². The van der Waals surface area contributed by atoms with Crippen molar-refractivity contribution in [2.45, 2.75) is 31.5 Å². The average Bonchev–Trinajstić information content (AvgIpc) is 2.76. The topological polar surface area (TPSA) is 75.3 Å². The van der Waals surface area contributed by atoms with Crippen LogP contribution in [-0.2, 0) is 14.6 Å². The van der Waals surface area contributed by atoms with Gasteiger partial charge in [-0.25, -0.2) is 8.42 Å². The first kappa shape index (κ1) is 15.6. The molecule has 0 aromatic rings. The van der Waals surface area contributed by atoms with E-state index in [9.17, 15) is 26.4 Å². The quantitative estimate of drug-likeness (QED) is 0.765. The lowest BCUT2D eigenvalue weighted by atomic mass is 9.85. The molecule has 20 heavy (non-hydrogen) atoms. The predicted octanol–water partition coefficient (Wildman–Crippen LogP) is 0.222. The van der Waals surface area contributed by atoms with Crippen LogP contribution in [0.4, 0.5) is 13.2 Å². The SMILES string of the molecule is O=C(NC1CCCS(=O)(=O)C1)C1(C(F)(F)F)CCNC1. The Kier molecular flexibility index (Phi) is 4.03. The first-order chi connectivity index (χ1) is 9.16. The second-order valence-corrected chi connectivity index (χ2v) is 7.66. The molecule has 2 saturated heterocycles. The maximum absolute atomic E-state index is 13.2. The van der Waals surface area contributed by atoms with Crippen molar-refractivity contribution < 1.29 is 26.4 Å². The minimum absolute atomic E-state index is 0.0331. The van der Waals surface area contributed by atoms with Crippen molar-refractivity contribution in [2.24, 2.45) is 5.41 Å². The van der Waals surface area contributed by atoms with E-state index in [0.29, 0.717) is 12.8 Å². The highest BCUT2D eigenvalue weighted by atomic mass is 32.2. The molecule has 1 amide bonds. The molecule has 2 rings (SSSR count). The number of amides is 1. The maximum atomic E-state index is 13.2. The van der Waals surface area contributed by atoms with Crippen LogP contribution in [0.3, 0.4) is 0 Å². The zero-order valence-electron chi connectivity index (χ0n) is 10.8. The number of carbonyl (C=O) groups is 1. The van der Waals surface area contributed by atoms with Gasteiger partial charge in [0.25, 0.3) is 0 Å². The lowest BCUT2D eigenvalue weighted by Crippen LogP contribution is -2.56. The summed E-state index contributed by atoms with van der Waals surface area (Å²) in [6.45, 7) is -0.336. The number of sulfone groups is 1. The van der Waals surface area contributed by atoms with Crippen LogP contribution in [0, 0.1) is 5.41 Å². The monoisotopic (exact) mass is 314 g/mol. The number of hydrogen-bond acceptors (Lipinski definition) is 4. The molecule has 2 aliphatic heterocycles. The van der Waals surface area contributed by atoms with Gasteiger partial charge in [-0.3, -0.25) is 4.79 Å². The van der Waals surface area contributed by atoms with E-state index in [1.54, 1.807) is 0 Å². The molecule has 2 N–H and O–H groups in total. The Morgan fingerprint density at radius 3 is 2.55 bits per heavy atom. The smallest absolute Gasteiger partial charge is 0.352 e. The molecule has 2 aliphatic rings. The summed E-state index contributed by atoms with van der Waals surface area (Å²) in [6, 6.07) is -0.721. The van der Waals surface area contributed by atoms with Crippen LogP contribution in [0.25, 0.3) is 0 Å². The number of carbonyl (C=O) groups excluding carboxylic acids is 1. The zero-order chi connectivity index (χ0) is 15.0. The molecule has 0 aromatic carbocycles. The van der Waals surface area contributed by atoms with E-state index in [1.807, 2.05) is 0 Å². The molecular formula is C11H17F3N2O3S. The van der Waals surface area contributed by atoms with E-state index < -0.39 is 39.9 Å². The summed E-state index contributed by atoms with van der Waals surface area (Å²) in [5.41, 5.74) is -2.44. The van der Waals surface area contributed by atoms with E-state index in [1.165, 1.54) is 0 Å². The summed E-state index contributed by atoms with van der Waals surface area (Å²) in [5, 5.41) is 4.84. The molecule has 116 valence electrons. The third-order valence-corrected chi connectivity index (χ3v) is 5.75. The number of rotatable bonds is 2. The van der Waals surface area contributed by atoms with E-state index in [4.69, 9.17) is 0 Å². The van der Waals surface area contributed by atoms with Gasteiger partial charge in [-0.05, 0) is 25.8 Å². The van der Waals surface area contributed by atoms with Crippen LogP contribution >= 0.6 is 0 Å². The van der Waals surface area contributed by atoms with E-state index >= 15 is 0 Å². The van der Waals surface area contributed by atoms with Gasteiger partial charge < -0.3 is 10.6 Å². The van der Waals surface area contributed by atoms with Crippen molar-refractivity contribution in [3.05, 3.63) is 0 Å². The third kappa shape index (κ3) is 2.93. The Labute approximate surface area is 115 Å². The van der Waals surface area contributed by atoms with Gasteiger partial charge >= 0.3 is 6.18 Å². The van der Waals surface area contributed by atoms with Gasteiger partial charge in [0.2, 0.25) is 5.91 Å². The first-order valence-electron chi connectivity index (χ1n) is 6.45. The van der Waals surface area contributed by atoms with Gasteiger partial charge in [0.1, 0.15) is 0 Å². The highest BCUT2D eigenvalue weighted by Crippen LogP contribution is 2.43. The highest BCUT2D eigenvalue weighted by molar-refractivity contribution is 7.91. The van der Waals surface area contributed by atoms with Crippen LogP contribution in [-0.4, -0.2) is 51.1 Å². The number of nitrogens with one attached hydrogen (secondary N) is 2. The fraction of sp³-hybridized carbons (Fsp3) is 0.909. The molecule has 2 unspecified atom stereocenters. The Morgan fingerprint density at radius 2 is 2.05 bits per heavy atom. The highest BCUT2D eigenvalue weighted by Gasteiger charge is 2.61. The molecular weight excluding hydrogens is 297 g/mol. The first-order valence-corrected chi connectivity index (χ1v) is 8.27. The fourth-order valence-corrected chi connectivity index (χ4v) is 4.35. The fourth-order valence-electron chi connectivity index (χ4n) is 2.72. The molecule has 0 spiro atoms. The van der Waals surface area contributed by atoms with Crippen LogP contribution in [0.1, 0.15) is 19.3 Å². The summed E-state index contributed by atoms with van der Waals surface area (Å²) < 4.78 is 62.4. The Morgan fingerprint density at radius 1 is 1.35 bits per heavy atom. The van der Waals surface area contributed by atoms with Crippen molar-refractivity contribution >= 4 is 15.7 Å². The largest absolute Gasteiger partial charge is 0.404 e. The van der Waals surface area contributed by atoms with Gasteiger partial charge in [0.05, 0.1) is 11.5 Å². The summed E-state index contributed by atoms with van der Waals surface area (Å²) in [6.07, 6.45) is -4.20. The molecule has 2 atom stereocenters. The molecule has 0 radical (unpaired) electrons. The van der Waals surface area contributed by atoms with Crippen LogP contribution in [0.15, 0.2) is 0 Å². The minimum atomic E-state index is -4.64. The van der Waals surface area contributed by atoms with E-state index in [0.717, 1.165) is 0 Å². The summed E-state index contributed by atoms with van der Waals surface area (Å²) in [5.74, 6) is -1.36. The van der Waals surface area contributed by atoms with Crippen molar-refractivity contribution in [3.8, 4) is 0 Å². The molecule has 5 nitrogen and oxygen atoms in total. The van der Waals surface area contributed by atoms with Crippen LogP contribution in [0.2, 0.25) is 0 Å². The van der Waals surface area contributed by atoms with Gasteiger partial charge in [0.15, 0.2) is 15.3 Å². The maximum Gasteiger partial charge on any atom is 0.404 e. The Balaban J connectivity index is 2.10. The standard InChI is InChI=1S/C11H17F3N2O3S/c12-11(13,14)10(3-4-15-7-10)9(17)16-8-2-1-5-20(18,19)6-8/h8,15H,1-7H2,(H,16,17). The average molecular weight is 314 g/mol. The lowest BCUT2D eigenvalue weighted by molar-refractivity contribution is -0.216. The number of hydrogen-bond donors (Lipinski definition) is 2. The summed E-state index contributed by atoms with van der Waals surface area (Å²) in [7, 11) is -3.27. The molecule has 0 aliphatic carbocycles. The van der Waals surface area contributed by atoms with Gasteiger partial charge in [0, 0.05) is 12.6 Å². The molecule has 0 aromatic heterocycles. The minimum Gasteiger partial charge on any atom is -0.352 e. The lowest BCUT2D eigenvalue weighted by Gasteiger charge is -2.32. The molecule has 0 bridgehead atoms. The Bertz CT molecular complexity index is 484. The van der Waals surface area contributed by atoms with Crippen molar-refractivity contribution in [1.29, 1.82) is 0 Å². The molecule has 2 fully saturated rings. The van der Waals surface area contributed by atoms with Gasteiger partial charge in [-0.15, -0.1) is 0 Å². The molecule has 9 heteroatoms. The van der Waals surface area contributed by atoms with E-state index in [2.05, 4.69) is 10.6 Å². The number of halogens is 3. The second kappa shape index (κ2) is 5.18. The summed E-state index contributed by atoms with van der Waals surface area (Å²) in [4.78, 5) is 12.0. The van der Waals surface area contributed by atoms with Gasteiger partial charge in [-0.2, -0.15) is 13.2 Å². The second-order valence-electron chi connectivity index (χ2n) is 5.43. The van der Waals surface area contributed by atoms with Crippen molar-refractivity contribution in [2.75, 3.05) is 24.6 Å². The zero-order valence-corrected chi connectivity index (χ0v) is 11.6. The van der Waals surface area contributed by atoms with E-state index in [-0.39, 0.29) is 24.5 Å². The third-order valence-electron chi connectivity index (χ3n) is 3.93. The number of alkyl halides is 3. The predicted molar refractivity (Wildman–Crippen MR) is 65.8 cm³/mol. The summed E-state index contributed by atoms with van der Waals surface area (Å²) >= 11 is 0. The van der Waals surface area contributed by atoms with Gasteiger partial charge in [-0.1, -0.05) is 0 Å². The normalized spacial score (nSPS) is 33.9.